The van der Waals surface area contributed by atoms with E-state index in [1.165, 1.54) is 0 Å². The van der Waals surface area contributed by atoms with E-state index in [4.69, 9.17) is 21.3 Å². The standard InChI is InChI=1S/C17H18ClN3O/c1-10(2)21-17-16(11(3)20-21)14(18)9-15(19-17)12-6-5-7-13(8-12)22-4/h5-10H,1-4H3. The van der Waals surface area contributed by atoms with Crippen LogP contribution in [0.15, 0.2) is 30.3 Å². The van der Waals surface area contributed by atoms with Crippen LogP contribution in [0.1, 0.15) is 25.6 Å². The summed E-state index contributed by atoms with van der Waals surface area (Å²) in [7, 11) is 1.65. The van der Waals surface area contributed by atoms with Gasteiger partial charge in [-0.1, -0.05) is 23.7 Å². The van der Waals surface area contributed by atoms with Crippen molar-refractivity contribution in [2.45, 2.75) is 26.8 Å². The second-order valence-electron chi connectivity index (χ2n) is 5.54. The quantitative estimate of drug-likeness (QED) is 0.706. The van der Waals surface area contributed by atoms with Gasteiger partial charge >= 0.3 is 0 Å². The number of pyridine rings is 1. The van der Waals surface area contributed by atoms with Crippen molar-refractivity contribution in [2.75, 3.05) is 7.11 Å². The van der Waals surface area contributed by atoms with Gasteiger partial charge in [-0.25, -0.2) is 9.67 Å². The molecule has 0 unspecified atom stereocenters. The third-order valence-corrected chi connectivity index (χ3v) is 3.94. The predicted octanol–water partition coefficient (Wildman–Crippen LogP) is 4.65. The van der Waals surface area contributed by atoms with E-state index in [1.54, 1.807) is 7.11 Å². The highest BCUT2D eigenvalue weighted by Gasteiger charge is 2.16. The Labute approximate surface area is 134 Å². The summed E-state index contributed by atoms with van der Waals surface area (Å²) < 4.78 is 7.20. The van der Waals surface area contributed by atoms with Gasteiger partial charge in [0, 0.05) is 11.6 Å². The van der Waals surface area contributed by atoms with E-state index in [-0.39, 0.29) is 6.04 Å². The third-order valence-electron chi connectivity index (χ3n) is 3.64. The molecule has 0 radical (unpaired) electrons. The van der Waals surface area contributed by atoms with E-state index in [9.17, 15) is 0 Å². The molecule has 0 saturated carbocycles. The number of hydrogen-bond acceptors (Lipinski definition) is 3. The van der Waals surface area contributed by atoms with Crippen LogP contribution in [0.2, 0.25) is 5.02 Å². The first kappa shape index (κ1) is 14.9. The van der Waals surface area contributed by atoms with Crippen LogP contribution in [0.4, 0.5) is 0 Å². The highest BCUT2D eigenvalue weighted by atomic mass is 35.5. The average molecular weight is 316 g/mol. The molecule has 1 aromatic carbocycles. The molecular formula is C17H18ClN3O. The number of halogens is 1. The maximum absolute atomic E-state index is 6.48. The van der Waals surface area contributed by atoms with Gasteiger partial charge in [-0.3, -0.25) is 0 Å². The molecule has 3 rings (SSSR count). The van der Waals surface area contributed by atoms with Crippen molar-refractivity contribution >= 4 is 22.6 Å². The molecule has 0 aliphatic rings. The number of aromatic nitrogens is 3. The third kappa shape index (κ3) is 2.44. The summed E-state index contributed by atoms with van der Waals surface area (Å²) in [5.74, 6) is 0.795. The van der Waals surface area contributed by atoms with Crippen molar-refractivity contribution in [1.29, 1.82) is 0 Å². The Bertz CT molecular complexity index is 839. The molecule has 2 heterocycles. The molecule has 0 aliphatic carbocycles. The Morgan fingerprint density at radius 1 is 1.23 bits per heavy atom. The topological polar surface area (TPSA) is 39.9 Å². The lowest BCUT2D eigenvalue weighted by Crippen LogP contribution is -2.04. The fourth-order valence-electron chi connectivity index (χ4n) is 2.55. The van der Waals surface area contributed by atoms with Crippen molar-refractivity contribution in [3.05, 3.63) is 41.0 Å². The first-order valence-electron chi connectivity index (χ1n) is 7.21. The van der Waals surface area contributed by atoms with Crippen LogP contribution in [0, 0.1) is 6.92 Å². The number of methoxy groups -OCH3 is 1. The molecule has 3 aromatic rings. The molecular weight excluding hydrogens is 298 g/mol. The first-order valence-corrected chi connectivity index (χ1v) is 7.59. The van der Waals surface area contributed by atoms with Crippen molar-refractivity contribution in [3.8, 4) is 17.0 Å². The lowest BCUT2D eigenvalue weighted by Gasteiger charge is -2.09. The monoisotopic (exact) mass is 315 g/mol. The zero-order valence-corrected chi connectivity index (χ0v) is 13.8. The van der Waals surface area contributed by atoms with Gasteiger partial charge in [-0.05, 0) is 39.0 Å². The number of benzene rings is 1. The summed E-state index contributed by atoms with van der Waals surface area (Å²) >= 11 is 6.48. The Morgan fingerprint density at radius 3 is 2.68 bits per heavy atom. The van der Waals surface area contributed by atoms with Gasteiger partial charge in [0.2, 0.25) is 0 Å². The first-order chi connectivity index (χ1) is 10.5. The maximum Gasteiger partial charge on any atom is 0.160 e. The minimum atomic E-state index is 0.223. The predicted molar refractivity (Wildman–Crippen MR) is 89.6 cm³/mol. The minimum absolute atomic E-state index is 0.223. The number of aryl methyl sites for hydroxylation is 1. The Balaban J connectivity index is 2.25. The number of nitrogens with zero attached hydrogens (tertiary/aromatic N) is 3. The van der Waals surface area contributed by atoms with Crippen LogP contribution in [0.5, 0.6) is 5.75 Å². The molecule has 114 valence electrons. The summed E-state index contributed by atoms with van der Waals surface area (Å²) in [6, 6.07) is 9.91. The van der Waals surface area contributed by atoms with Gasteiger partial charge in [0.05, 0.1) is 28.9 Å². The van der Waals surface area contributed by atoms with Crippen LogP contribution in [0.3, 0.4) is 0 Å². The van der Waals surface area contributed by atoms with E-state index < -0.39 is 0 Å². The number of hydrogen-bond donors (Lipinski definition) is 0. The molecule has 0 N–H and O–H groups in total. The van der Waals surface area contributed by atoms with Gasteiger partial charge in [0.25, 0.3) is 0 Å². The van der Waals surface area contributed by atoms with E-state index in [0.717, 1.165) is 33.7 Å². The minimum Gasteiger partial charge on any atom is -0.497 e. The second kappa shape index (κ2) is 5.61. The lowest BCUT2D eigenvalue weighted by molar-refractivity contribution is 0.415. The Kier molecular flexibility index (Phi) is 3.79. The molecule has 2 aromatic heterocycles. The van der Waals surface area contributed by atoms with E-state index >= 15 is 0 Å². The highest BCUT2D eigenvalue weighted by Crippen LogP contribution is 2.32. The van der Waals surface area contributed by atoms with Gasteiger partial charge in [0.1, 0.15) is 5.75 Å². The number of fused-ring (bicyclic) bond motifs is 1. The van der Waals surface area contributed by atoms with Crippen LogP contribution in [-0.4, -0.2) is 21.9 Å². The summed E-state index contributed by atoms with van der Waals surface area (Å²) in [4.78, 5) is 4.78. The lowest BCUT2D eigenvalue weighted by atomic mass is 10.1. The van der Waals surface area contributed by atoms with Crippen molar-refractivity contribution < 1.29 is 4.74 Å². The second-order valence-corrected chi connectivity index (χ2v) is 5.95. The molecule has 0 aliphatic heterocycles. The molecule has 0 saturated heterocycles. The van der Waals surface area contributed by atoms with Crippen molar-refractivity contribution in [2.24, 2.45) is 0 Å². The van der Waals surface area contributed by atoms with Crippen LogP contribution in [-0.2, 0) is 0 Å². The maximum atomic E-state index is 6.48. The highest BCUT2D eigenvalue weighted by molar-refractivity contribution is 6.35. The fraction of sp³-hybridized carbons (Fsp3) is 0.294. The number of ether oxygens (including phenoxy) is 1. The van der Waals surface area contributed by atoms with Crippen LogP contribution in [0.25, 0.3) is 22.3 Å². The van der Waals surface area contributed by atoms with Gasteiger partial charge in [-0.15, -0.1) is 0 Å². The zero-order chi connectivity index (χ0) is 15.9. The summed E-state index contributed by atoms with van der Waals surface area (Å²) in [5, 5.41) is 6.16. The molecule has 0 bridgehead atoms. The average Bonchev–Trinajstić information content (AvgIpc) is 2.85. The molecule has 0 fully saturated rings. The summed E-state index contributed by atoms with van der Waals surface area (Å²) in [6.07, 6.45) is 0. The van der Waals surface area contributed by atoms with Crippen molar-refractivity contribution in [1.82, 2.24) is 14.8 Å². The molecule has 0 atom stereocenters. The van der Waals surface area contributed by atoms with Gasteiger partial charge in [-0.2, -0.15) is 5.10 Å². The zero-order valence-electron chi connectivity index (χ0n) is 13.1. The van der Waals surface area contributed by atoms with Gasteiger partial charge < -0.3 is 4.74 Å². The number of rotatable bonds is 3. The summed E-state index contributed by atoms with van der Waals surface area (Å²) in [5.41, 5.74) is 3.51. The van der Waals surface area contributed by atoms with E-state index in [2.05, 4.69) is 18.9 Å². The Morgan fingerprint density at radius 2 is 2.00 bits per heavy atom. The molecule has 4 nitrogen and oxygen atoms in total. The normalized spacial score (nSPS) is 11.4. The fourth-order valence-corrected chi connectivity index (χ4v) is 2.88. The molecule has 0 spiro atoms. The van der Waals surface area contributed by atoms with E-state index in [0.29, 0.717) is 5.02 Å². The summed E-state index contributed by atoms with van der Waals surface area (Å²) in [6.45, 7) is 6.12. The SMILES string of the molecule is COc1cccc(-c2cc(Cl)c3c(C)nn(C(C)C)c3n2)c1. The largest absolute Gasteiger partial charge is 0.497 e. The van der Waals surface area contributed by atoms with Crippen molar-refractivity contribution in [3.63, 3.8) is 0 Å². The van der Waals surface area contributed by atoms with E-state index in [1.807, 2.05) is 41.9 Å². The Hall–Kier alpha value is -2.07. The molecule has 22 heavy (non-hydrogen) atoms. The van der Waals surface area contributed by atoms with Crippen LogP contribution >= 0.6 is 11.6 Å². The smallest absolute Gasteiger partial charge is 0.160 e. The molecule has 5 heteroatoms. The van der Waals surface area contributed by atoms with Gasteiger partial charge in [0.15, 0.2) is 5.65 Å². The van der Waals surface area contributed by atoms with Crippen LogP contribution < -0.4 is 4.74 Å². The molecule has 0 amide bonds.